The molecule has 0 spiro atoms. The summed E-state index contributed by atoms with van der Waals surface area (Å²) in [6, 6.07) is 15.7. The third kappa shape index (κ3) is 4.88. The number of ether oxygens (including phenoxy) is 1. The van der Waals surface area contributed by atoms with Gasteiger partial charge in [0.1, 0.15) is 5.75 Å². The number of hydrogen-bond acceptors (Lipinski definition) is 3. The number of hydrazine groups is 1. The largest absolute Gasteiger partial charge is 0.493 e. The van der Waals surface area contributed by atoms with E-state index in [-0.39, 0.29) is 5.91 Å². The molecule has 0 aliphatic carbocycles. The Morgan fingerprint density at radius 2 is 1.83 bits per heavy atom. The van der Waals surface area contributed by atoms with Gasteiger partial charge in [-0.2, -0.15) is 0 Å². The van der Waals surface area contributed by atoms with Crippen molar-refractivity contribution in [3.63, 3.8) is 0 Å². The van der Waals surface area contributed by atoms with Crippen molar-refractivity contribution < 1.29 is 9.53 Å². The van der Waals surface area contributed by atoms with E-state index in [1.54, 1.807) is 6.08 Å². The van der Waals surface area contributed by atoms with Crippen LogP contribution in [0, 0.1) is 6.92 Å². The SMILES string of the molecule is CCOc1ccccc1/C=C/C(=O)NN(CC)c1ccc(C)cc1. The van der Waals surface area contributed by atoms with Crippen LogP contribution >= 0.6 is 0 Å². The molecular formula is C20H24N2O2. The Hall–Kier alpha value is -2.75. The maximum Gasteiger partial charge on any atom is 0.262 e. The zero-order chi connectivity index (χ0) is 17.4. The predicted octanol–water partition coefficient (Wildman–Crippen LogP) is 3.96. The number of benzene rings is 2. The van der Waals surface area contributed by atoms with Crippen LogP contribution in [0.2, 0.25) is 0 Å². The molecule has 0 radical (unpaired) electrons. The number of carbonyl (C=O) groups is 1. The normalized spacial score (nSPS) is 10.6. The number of rotatable bonds is 7. The van der Waals surface area contributed by atoms with Crippen molar-refractivity contribution in [2.75, 3.05) is 18.2 Å². The van der Waals surface area contributed by atoms with Gasteiger partial charge in [-0.1, -0.05) is 35.9 Å². The van der Waals surface area contributed by atoms with Crippen molar-refractivity contribution in [1.82, 2.24) is 5.43 Å². The highest BCUT2D eigenvalue weighted by atomic mass is 16.5. The van der Waals surface area contributed by atoms with Crippen LogP contribution in [0.15, 0.2) is 54.6 Å². The minimum absolute atomic E-state index is 0.177. The van der Waals surface area contributed by atoms with Gasteiger partial charge in [-0.05, 0) is 45.0 Å². The highest BCUT2D eigenvalue weighted by Crippen LogP contribution is 2.19. The van der Waals surface area contributed by atoms with Gasteiger partial charge in [-0.3, -0.25) is 15.2 Å². The number of hydrogen-bond donors (Lipinski definition) is 1. The molecule has 2 rings (SSSR count). The van der Waals surface area contributed by atoms with Crippen LogP contribution in [0.5, 0.6) is 5.75 Å². The van der Waals surface area contributed by atoms with Crippen molar-refractivity contribution in [1.29, 1.82) is 0 Å². The summed E-state index contributed by atoms with van der Waals surface area (Å²) < 4.78 is 5.56. The predicted molar refractivity (Wildman–Crippen MR) is 99.0 cm³/mol. The lowest BCUT2D eigenvalue weighted by Crippen LogP contribution is -2.41. The van der Waals surface area contributed by atoms with E-state index < -0.39 is 0 Å². The summed E-state index contributed by atoms with van der Waals surface area (Å²) >= 11 is 0. The van der Waals surface area contributed by atoms with Crippen molar-refractivity contribution in [2.45, 2.75) is 20.8 Å². The Labute approximate surface area is 143 Å². The van der Waals surface area contributed by atoms with Gasteiger partial charge in [0, 0.05) is 18.2 Å². The Morgan fingerprint density at radius 3 is 2.50 bits per heavy atom. The zero-order valence-electron chi connectivity index (χ0n) is 14.5. The summed E-state index contributed by atoms with van der Waals surface area (Å²) in [5, 5.41) is 1.82. The first kappa shape index (κ1) is 17.6. The molecule has 0 saturated heterocycles. The molecule has 0 fully saturated rings. The molecule has 2 aromatic rings. The number of amides is 1. The molecule has 0 aromatic heterocycles. The highest BCUT2D eigenvalue weighted by Gasteiger charge is 2.06. The van der Waals surface area contributed by atoms with Gasteiger partial charge in [0.25, 0.3) is 5.91 Å². The van der Waals surface area contributed by atoms with Crippen molar-refractivity contribution in [3.05, 3.63) is 65.7 Å². The minimum Gasteiger partial charge on any atom is -0.493 e. The van der Waals surface area contributed by atoms with E-state index in [4.69, 9.17) is 4.74 Å². The molecule has 4 nitrogen and oxygen atoms in total. The van der Waals surface area contributed by atoms with Crippen LogP contribution in [0.25, 0.3) is 6.08 Å². The first-order valence-electron chi connectivity index (χ1n) is 8.18. The molecule has 1 amide bonds. The molecule has 126 valence electrons. The standard InChI is InChI=1S/C20H24N2O2/c1-4-22(18-13-10-16(3)11-14-18)21-20(23)15-12-17-8-6-7-9-19(17)24-5-2/h6-15H,4-5H2,1-3H3,(H,21,23)/b15-12+. The Bertz CT molecular complexity index is 693. The molecule has 0 bridgehead atoms. The lowest BCUT2D eigenvalue weighted by atomic mass is 10.2. The minimum atomic E-state index is -0.177. The summed E-state index contributed by atoms with van der Waals surface area (Å²) in [7, 11) is 0. The second-order valence-corrected chi connectivity index (χ2v) is 5.36. The topological polar surface area (TPSA) is 41.6 Å². The lowest BCUT2D eigenvalue weighted by molar-refractivity contribution is -0.116. The van der Waals surface area contributed by atoms with E-state index in [2.05, 4.69) is 5.43 Å². The fourth-order valence-electron chi connectivity index (χ4n) is 2.29. The van der Waals surface area contributed by atoms with Crippen molar-refractivity contribution in [3.8, 4) is 5.75 Å². The molecule has 1 N–H and O–H groups in total. The number of para-hydroxylation sites is 1. The average molecular weight is 324 g/mol. The molecule has 2 aromatic carbocycles. The van der Waals surface area contributed by atoms with Gasteiger partial charge < -0.3 is 4.74 Å². The van der Waals surface area contributed by atoms with Gasteiger partial charge in [-0.15, -0.1) is 0 Å². The maximum absolute atomic E-state index is 12.2. The number of nitrogens with one attached hydrogen (secondary N) is 1. The van der Waals surface area contributed by atoms with Crippen LogP contribution in [-0.4, -0.2) is 19.1 Å². The highest BCUT2D eigenvalue weighted by molar-refractivity contribution is 5.93. The molecule has 0 saturated carbocycles. The summed E-state index contributed by atoms with van der Waals surface area (Å²) in [5.41, 5.74) is 5.92. The quantitative estimate of drug-likeness (QED) is 0.619. The molecule has 0 heterocycles. The second-order valence-electron chi connectivity index (χ2n) is 5.36. The maximum atomic E-state index is 12.2. The number of anilines is 1. The van der Waals surface area contributed by atoms with Crippen LogP contribution < -0.4 is 15.2 Å². The van der Waals surface area contributed by atoms with E-state index in [9.17, 15) is 4.79 Å². The Morgan fingerprint density at radius 1 is 1.12 bits per heavy atom. The van der Waals surface area contributed by atoms with Gasteiger partial charge in [-0.25, -0.2) is 0 Å². The van der Waals surface area contributed by atoms with Crippen molar-refractivity contribution in [2.24, 2.45) is 0 Å². The lowest BCUT2D eigenvalue weighted by Gasteiger charge is -2.23. The molecule has 0 aliphatic heterocycles. The molecular weight excluding hydrogens is 300 g/mol. The van der Waals surface area contributed by atoms with Gasteiger partial charge in [0.05, 0.1) is 12.3 Å². The molecule has 24 heavy (non-hydrogen) atoms. The Balaban J connectivity index is 2.05. The monoisotopic (exact) mass is 324 g/mol. The summed E-state index contributed by atoms with van der Waals surface area (Å²) in [5.74, 6) is 0.596. The fraction of sp³-hybridized carbons (Fsp3) is 0.250. The number of aryl methyl sites for hydroxylation is 1. The van der Waals surface area contributed by atoms with Crippen LogP contribution in [0.4, 0.5) is 5.69 Å². The second kappa shape index (κ2) is 8.77. The summed E-state index contributed by atoms with van der Waals surface area (Å²) in [4.78, 5) is 12.2. The van der Waals surface area contributed by atoms with Crippen LogP contribution in [-0.2, 0) is 4.79 Å². The Kier molecular flexibility index (Phi) is 6.43. The van der Waals surface area contributed by atoms with Gasteiger partial charge in [0.15, 0.2) is 0 Å². The van der Waals surface area contributed by atoms with E-state index in [0.29, 0.717) is 13.2 Å². The smallest absolute Gasteiger partial charge is 0.262 e. The zero-order valence-corrected chi connectivity index (χ0v) is 14.5. The van der Waals surface area contributed by atoms with E-state index >= 15 is 0 Å². The third-order valence-corrected chi connectivity index (χ3v) is 3.54. The van der Waals surface area contributed by atoms with E-state index in [1.807, 2.05) is 74.3 Å². The first-order chi connectivity index (χ1) is 11.6. The number of nitrogens with zero attached hydrogens (tertiary/aromatic N) is 1. The summed E-state index contributed by atoms with van der Waals surface area (Å²) in [6.45, 7) is 7.24. The molecule has 4 heteroatoms. The third-order valence-electron chi connectivity index (χ3n) is 3.54. The molecule has 0 atom stereocenters. The van der Waals surface area contributed by atoms with Gasteiger partial charge in [0.2, 0.25) is 0 Å². The average Bonchev–Trinajstić information content (AvgIpc) is 2.60. The van der Waals surface area contributed by atoms with Gasteiger partial charge >= 0.3 is 0 Å². The number of carbonyl (C=O) groups excluding carboxylic acids is 1. The van der Waals surface area contributed by atoms with Crippen molar-refractivity contribution >= 4 is 17.7 Å². The molecule has 0 aliphatic rings. The van der Waals surface area contributed by atoms with E-state index in [1.165, 1.54) is 11.6 Å². The van der Waals surface area contributed by atoms with E-state index in [0.717, 1.165) is 17.0 Å². The first-order valence-corrected chi connectivity index (χ1v) is 8.18. The fourth-order valence-corrected chi connectivity index (χ4v) is 2.29. The molecule has 0 unspecified atom stereocenters. The van der Waals surface area contributed by atoms with Crippen LogP contribution in [0.3, 0.4) is 0 Å². The summed E-state index contributed by atoms with van der Waals surface area (Å²) in [6.07, 6.45) is 3.29. The van der Waals surface area contributed by atoms with Crippen LogP contribution in [0.1, 0.15) is 25.0 Å².